The number of hydrogen-bond acceptors (Lipinski definition) is 5. The summed E-state index contributed by atoms with van der Waals surface area (Å²) in [6.45, 7) is 1.79. The lowest BCUT2D eigenvalue weighted by Crippen LogP contribution is -2.51. The van der Waals surface area contributed by atoms with Crippen molar-refractivity contribution in [1.82, 2.24) is 0 Å². The zero-order valence-corrected chi connectivity index (χ0v) is 19.1. The number of fused-ring (bicyclic) bond motifs is 3. The summed E-state index contributed by atoms with van der Waals surface area (Å²) in [6, 6.07) is 16.3. The van der Waals surface area contributed by atoms with E-state index in [1.54, 1.807) is 31.2 Å². The molecule has 0 bridgehead atoms. The van der Waals surface area contributed by atoms with Gasteiger partial charge in [-0.05, 0) is 42.3 Å². The number of anilines is 1. The number of carbonyl (C=O) groups excluding carboxylic acids is 4. The average molecular weight is 490 g/mol. The number of rotatable bonds is 2. The molecule has 2 saturated heterocycles. The van der Waals surface area contributed by atoms with Gasteiger partial charge in [0.2, 0.25) is 29.0 Å². The quantitative estimate of drug-likeness (QED) is 0.391. The predicted molar refractivity (Wildman–Crippen MR) is 124 cm³/mol. The van der Waals surface area contributed by atoms with E-state index in [4.69, 9.17) is 16.3 Å². The summed E-state index contributed by atoms with van der Waals surface area (Å²) in [5, 5.41) is 0.363. The molecule has 2 heterocycles. The molecule has 0 radical (unpaired) electrons. The van der Waals surface area contributed by atoms with Crippen LogP contribution in [-0.4, -0.2) is 29.0 Å². The van der Waals surface area contributed by atoms with Crippen molar-refractivity contribution in [1.29, 1.82) is 0 Å². The molecule has 3 aromatic carbocycles. The van der Waals surface area contributed by atoms with E-state index in [2.05, 4.69) is 0 Å². The molecule has 0 N–H and O–H groups in total. The van der Waals surface area contributed by atoms with Crippen LogP contribution in [-0.2, 0) is 14.3 Å². The SMILES string of the molecule is Cc1ccc(N2C(=O)[C@@H]3[C@@H](c4ccc(F)cc4)OC4(C(=O)c5ccccc5C4=O)[C@@H]3C2=O)cc1Cl. The summed E-state index contributed by atoms with van der Waals surface area (Å²) in [5.41, 5.74) is -0.492. The Morgan fingerprint density at radius 1 is 0.886 bits per heavy atom. The van der Waals surface area contributed by atoms with Crippen LogP contribution in [0.4, 0.5) is 10.1 Å². The molecular weight excluding hydrogens is 473 g/mol. The molecule has 174 valence electrons. The molecule has 35 heavy (non-hydrogen) atoms. The molecule has 8 heteroatoms. The van der Waals surface area contributed by atoms with Gasteiger partial charge in [-0.25, -0.2) is 9.29 Å². The monoisotopic (exact) mass is 489 g/mol. The molecule has 3 atom stereocenters. The van der Waals surface area contributed by atoms with Crippen LogP contribution < -0.4 is 4.90 Å². The number of Topliss-reactive ketones (excluding diaryl/α,β-unsaturated/α-hetero) is 2. The second-order valence-electron chi connectivity index (χ2n) is 8.98. The summed E-state index contributed by atoms with van der Waals surface area (Å²) in [4.78, 5) is 56.0. The zero-order chi connectivity index (χ0) is 24.6. The van der Waals surface area contributed by atoms with Crippen LogP contribution in [0.5, 0.6) is 0 Å². The summed E-state index contributed by atoms with van der Waals surface area (Å²) < 4.78 is 19.8. The van der Waals surface area contributed by atoms with Gasteiger partial charge in [0.25, 0.3) is 0 Å². The first-order valence-corrected chi connectivity index (χ1v) is 11.4. The van der Waals surface area contributed by atoms with E-state index in [-0.39, 0.29) is 16.8 Å². The minimum absolute atomic E-state index is 0.146. The highest BCUT2D eigenvalue weighted by Gasteiger charge is 2.74. The number of aryl methyl sites for hydroxylation is 1. The zero-order valence-electron chi connectivity index (χ0n) is 18.3. The van der Waals surface area contributed by atoms with E-state index in [0.29, 0.717) is 10.6 Å². The number of benzene rings is 3. The molecule has 0 saturated carbocycles. The molecule has 1 spiro atoms. The maximum absolute atomic E-state index is 13.8. The Morgan fingerprint density at radius 2 is 1.51 bits per heavy atom. The van der Waals surface area contributed by atoms with Gasteiger partial charge in [-0.3, -0.25) is 19.2 Å². The van der Waals surface area contributed by atoms with Crippen LogP contribution in [0.2, 0.25) is 5.02 Å². The standard InChI is InChI=1S/C27H17ClFNO5/c1-13-6-11-16(12-19(13)28)30-25(33)20-21(26(30)34)27(35-22(20)14-7-9-15(29)10-8-14)23(31)17-4-2-3-5-18(17)24(27)32/h2-12,20-22H,1H3/t20-,21-,22+/m0/s1. The molecule has 3 aromatic rings. The largest absolute Gasteiger partial charge is 0.349 e. The predicted octanol–water partition coefficient (Wildman–Crippen LogP) is 4.48. The van der Waals surface area contributed by atoms with Gasteiger partial charge in [0.1, 0.15) is 5.82 Å². The van der Waals surface area contributed by atoms with E-state index in [0.717, 1.165) is 10.5 Å². The van der Waals surface area contributed by atoms with Crippen LogP contribution >= 0.6 is 11.6 Å². The highest BCUT2D eigenvalue weighted by molar-refractivity contribution is 6.37. The molecule has 2 fully saturated rings. The maximum atomic E-state index is 13.8. The van der Waals surface area contributed by atoms with E-state index in [1.165, 1.54) is 42.5 Å². The third kappa shape index (κ3) is 2.79. The third-order valence-electron chi connectivity index (χ3n) is 7.13. The van der Waals surface area contributed by atoms with E-state index in [1.807, 2.05) is 0 Å². The Kier molecular flexibility index (Phi) is 4.62. The first-order chi connectivity index (χ1) is 16.8. The number of ketones is 2. The molecule has 1 aliphatic carbocycles. The highest BCUT2D eigenvalue weighted by Crippen LogP contribution is 2.57. The van der Waals surface area contributed by atoms with Gasteiger partial charge < -0.3 is 4.74 Å². The number of hydrogen-bond donors (Lipinski definition) is 0. The number of imide groups is 1. The molecule has 6 rings (SSSR count). The second kappa shape index (κ2) is 7.41. The lowest BCUT2D eigenvalue weighted by atomic mass is 9.77. The Labute approximate surface area is 204 Å². The fraction of sp³-hybridized carbons (Fsp3) is 0.185. The van der Waals surface area contributed by atoms with Crippen molar-refractivity contribution in [2.75, 3.05) is 4.90 Å². The Bertz CT molecular complexity index is 1430. The van der Waals surface area contributed by atoms with Crippen molar-refractivity contribution in [3.63, 3.8) is 0 Å². The topological polar surface area (TPSA) is 80.8 Å². The van der Waals surface area contributed by atoms with Gasteiger partial charge in [-0.15, -0.1) is 0 Å². The lowest BCUT2D eigenvalue weighted by Gasteiger charge is -2.27. The summed E-state index contributed by atoms with van der Waals surface area (Å²) in [6.07, 6.45) is -1.11. The van der Waals surface area contributed by atoms with Crippen molar-refractivity contribution in [3.8, 4) is 0 Å². The van der Waals surface area contributed by atoms with Gasteiger partial charge in [-0.1, -0.05) is 54.1 Å². The van der Waals surface area contributed by atoms with Crippen molar-refractivity contribution >= 4 is 40.7 Å². The normalized spacial score (nSPS) is 24.4. The first-order valence-electron chi connectivity index (χ1n) is 11.0. The summed E-state index contributed by atoms with van der Waals surface area (Å²) in [7, 11) is 0. The van der Waals surface area contributed by atoms with E-state index >= 15 is 0 Å². The Balaban J connectivity index is 1.54. The molecule has 0 unspecified atom stereocenters. The third-order valence-corrected chi connectivity index (χ3v) is 7.54. The van der Waals surface area contributed by atoms with Gasteiger partial charge >= 0.3 is 0 Å². The van der Waals surface area contributed by atoms with Crippen LogP contribution in [0, 0.1) is 24.6 Å². The minimum atomic E-state index is -2.18. The minimum Gasteiger partial charge on any atom is -0.349 e. The van der Waals surface area contributed by atoms with Crippen LogP contribution in [0.3, 0.4) is 0 Å². The van der Waals surface area contributed by atoms with Gasteiger partial charge in [0.15, 0.2) is 0 Å². The second-order valence-corrected chi connectivity index (χ2v) is 9.39. The van der Waals surface area contributed by atoms with Crippen LogP contribution in [0.25, 0.3) is 0 Å². The molecule has 6 nitrogen and oxygen atoms in total. The number of nitrogens with zero attached hydrogens (tertiary/aromatic N) is 1. The fourth-order valence-electron chi connectivity index (χ4n) is 5.45. The van der Waals surface area contributed by atoms with E-state index < -0.39 is 52.7 Å². The van der Waals surface area contributed by atoms with E-state index in [9.17, 15) is 23.6 Å². The summed E-state index contributed by atoms with van der Waals surface area (Å²) >= 11 is 6.26. The van der Waals surface area contributed by atoms with Crippen molar-refractivity contribution in [2.45, 2.75) is 18.6 Å². The first kappa shape index (κ1) is 21.8. The number of ether oxygens (including phenoxy) is 1. The van der Waals surface area contributed by atoms with Crippen molar-refractivity contribution < 1.29 is 28.3 Å². The van der Waals surface area contributed by atoms with Crippen molar-refractivity contribution in [2.24, 2.45) is 11.8 Å². The maximum Gasteiger partial charge on any atom is 0.241 e. The van der Waals surface area contributed by atoms with Crippen LogP contribution in [0.15, 0.2) is 66.7 Å². The number of amides is 2. The lowest BCUT2D eigenvalue weighted by molar-refractivity contribution is -0.127. The molecule has 3 aliphatic rings. The molecule has 2 aliphatic heterocycles. The van der Waals surface area contributed by atoms with Crippen LogP contribution in [0.1, 0.15) is 37.9 Å². The Hall–Kier alpha value is -3.68. The number of carbonyl (C=O) groups is 4. The summed E-state index contributed by atoms with van der Waals surface area (Å²) in [5.74, 6) is -5.65. The highest BCUT2D eigenvalue weighted by atomic mass is 35.5. The fourth-order valence-corrected chi connectivity index (χ4v) is 5.62. The molecular formula is C27H17ClFNO5. The Morgan fingerprint density at radius 3 is 2.11 bits per heavy atom. The van der Waals surface area contributed by atoms with Gasteiger partial charge in [0, 0.05) is 16.1 Å². The average Bonchev–Trinajstić information content (AvgIpc) is 3.41. The molecule has 2 amide bonds. The molecule has 0 aromatic heterocycles. The smallest absolute Gasteiger partial charge is 0.241 e. The van der Waals surface area contributed by atoms with Gasteiger partial charge in [0.05, 0.1) is 23.6 Å². The van der Waals surface area contributed by atoms with Crippen molar-refractivity contribution in [3.05, 3.63) is 99.8 Å². The number of halogens is 2. The van der Waals surface area contributed by atoms with Gasteiger partial charge in [-0.2, -0.15) is 0 Å².